The van der Waals surface area contributed by atoms with Crippen molar-refractivity contribution in [2.24, 2.45) is 10.2 Å². The number of likely N-dealkylation sites (tertiary alicyclic amines) is 1. The molecule has 0 spiro atoms. The molecule has 1 fully saturated rings. The van der Waals surface area contributed by atoms with E-state index in [0.717, 1.165) is 10.6 Å². The van der Waals surface area contributed by atoms with Crippen LogP contribution in [-0.4, -0.2) is 56.4 Å². The molecule has 0 bridgehead atoms. The summed E-state index contributed by atoms with van der Waals surface area (Å²) in [5.41, 5.74) is -1.16. The van der Waals surface area contributed by atoms with E-state index in [2.05, 4.69) is 10.2 Å². The monoisotopic (exact) mass is 639 g/mol. The van der Waals surface area contributed by atoms with Crippen molar-refractivity contribution in [1.29, 1.82) is 0 Å². The maximum absolute atomic E-state index is 15.8. The number of benzene rings is 2. The normalized spacial score (nSPS) is 22.7. The molecule has 0 radical (unpaired) electrons. The SMILES string of the molecule is CC(C)(C)[N+]1(C(=O)O)CC[C@@H](n2c(O)c(C(Cc3ccc(Cl)cc3C(F)(F)F)=c3ccc4c(c3)C=NN=4)sc2=O)[C@H](F)C1. The van der Waals surface area contributed by atoms with Crippen LogP contribution in [0.25, 0.3) is 5.57 Å². The zero-order valence-corrected chi connectivity index (χ0v) is 24.9. The van der Waals surface area contributed by atoms with E-state index in [1.165, 1.54) is 18.3 Å². The van der Waals surface area contributed by atoms with Crippen molar-refractivity contribution in [1.82, 2.24) is 4.57 Å². The second-order valence-corrected chi connectivity index (χ2v) is 13.1. The van der Waals surface area contributed by atoms with Crippen molar-refractivity contribution >= 4 is 40.8 Å². The van der Waals surface area contributed by atoms with Gasteiger partial charge < -0.3 is 10.2 Å². The Morgan fingerprint density at radius 3 is 2.53 bits per heavy atom. The van der Waals surface area contributed by atoms with Crippen molar-refractivity contribution in [3.05, 3.63) is 83.2 Å². The van der Waals surface area contributed by atoms with Crippen LogP contribution in [-0.2, 0) is 12.6 Å². The molecule has 3 aromatic rings. The molecular weight excluding hydrogens is 612 g/mol. The molecule has 1 unspecified atom stereocenters. The molecule has 43 heavy (non-hydrogen) atoms. The van der Waals surface area contributed by atoms with Gasteiger partial charge in [0.2, 0.25) is 5.88 Å². The van der Waals surface area contributed by atoms with Crippen LogP contribution in [0.1, 0.15) is 54.8 Å². The summed E-state index contributed by atoms with van der Waals surface area (Å²) in [5.74, 6) is -0.592. The smallest absolute Gasteiger partial charge is 0.493 e. The van der Waals surface area contributed by atoms with Gasteiger partial charge in [0.1, 0.15) is 12.1 Å². The van der Waals surface area contributed by atoms with Crippen LogP contribution in [0.4, 0.5) is 22.4 Å². The first-order valence-electron chi connectivity index (χ1n) is 13.3. The van der Waals surface area contributed by atoms with Gasteiger partial charge in [0, 0.05) is 23.4 Å². The van der Waals surface area contributed by atoms with E-state index in [9.17, 15) is 33.0 Å². The van der Waals surface area contributed by atoms with Crippen molar-refractivity contribution < 1.29 is 37.1 Å². The number of alkyl halides is 4. The predicted molar refractivity (Wildman–Crippen MR) is 154 cm³/mol. The van der Waals surface area contributed by atoms with Crippen LogP contribution in [0.15, 0.2) is 51.4 Å². The van der Waals surface area contributed by atoms with Gasteiger partial charge in [-0.3, -0.25) is 9.36 Å². The number of hydrogen-bond donors (Lipinski definition) is 2. The third kappa shape index (κ3) is 5.49. The first kappa shape index (κ1) is 30.9. The van der Waals surface area contributed by atoms with Gasteiger partial charge in [0.25, 0.3) is 0 Å². The van der Waals surface area contributed by atoms with Crippen molar-refractivity contribution in [2.45, 2.75) is 57.5 Å². The summed E-state index contributed by atoms with van der Waals surface area (Å²) in [4.78, 5) is 24.8. The highest BCUT2D eigenvalue weighted by Gasteiger charge is 2.54. The number of rotatable bonds is 4. The highest BCUT2D eigenvalue weighted by molar-refractivity contribution is 7.10. The minimum absolute atomic E-state index is 0.00489. The average Bonchev–Trinajstić information content (AvgIpc) is 3.49. The molecular formula is C29H28ClF4N4O4S+. The van der Waals surface area contributed by atoms with E-state index < -0.39 is 57.4 Å². The van der Waals surface area contributed by atoms with Crippen molar-refractivity contribution in [3.63, 3.8) is 0 Å². The Hall–Kier alpha value is -3.55. The number of piperidine rings is 1. The second-order valence-electron chi connectivity index (χ2n) is 11.7. The summed E-state index contributed by atoms with van der Waals surface area (Å²) in [5, 5.41) is 30.1. The maximum atomic E-state index is 15.8. The first-order valence-corrected chi connectivity index (χ1v) is 14.5. The fourth-order valence-corrected chi connectivity index (χ4v) is 7.00. The Morgan fingerprint density at radius 1 is 1.19 bits per heavy atom. The molecule has 1 aromatic heterocycles. The number of fused-ring (bicyclic) bond motifs is 1. The predicted octanol–water partition coefficient (Wildman–Crippen LogP) is 5.27. The van der Waals surface area contributed by atoms with Gasteiger partial charge in [-0.15, -0.1) is 0 Å². The van der Waals surface area contributed by atoms with Crippen LogP contribution in [0.5, 0.6) is 5.88 Å². The Bertz CT molecular complexity index is 1830. The maximum Gasteiger partial charge on any atom is 0.514 e. The molecule has 14 heteroatoms. The molecule has 0 aliphatic carbocycles. The molecule has 2 aromatic carbocycles. The van der Waals surface area contributed by atoms with Gasteiger partial charge in [0.15, 0.2) is 6.17 Å². The van der Waals surface area contributed by atoms with Crippen molar-refractivity contribution in [3.8, 4) is 5.88 Å². The number of carboxylic acid groups (broad SMARTS) is 1. The molecule has 0 saturated carbocycles. The van der Waals surface area contributed by atoms with Gasteiger partial charge in [-0.2, -0.15) is 28.2 Å². The number of aromatic nitrogens is 1. The second kappa shape index (κ2) is 10.9. The number of quaternary nitrogens is 1. The summed E-state index contributed by atoms with van der Waals surface area (Å²) >= 11 is 6.47. The number of thiazole rings is 1. The fourth-order valence-electron chi connectivity index (χ4n) is 5.83. The van der Waals surface area contributed by atoms with E-state index in [0.29, 0.717) is 27.5 Å². The third-order valence-electron chi connectivity index (χ3n) is 8.27. The zero-order valence-electron chi connectivity index (χ0n) is 23.3. The molecule has 2 aliphatic heterocycles. The topological polar surface area (TPSA) is 104 Å². The van der Waals surface area contributed by atoms with Gasteiger partial charge >= 0.3 is 17.1 Å². The van der Waals surface area contributed by atoms with E-state index in [-0.39, 0.29) is 40.4 Å². The molecule has 1 amide bonds. The van der Waals surface area contributed by atoms with Gasteiger partial charge in [-0.1, -0.05) is 35.1 Å². The number of amides is 1. The van der Waals surface area contributed by atoms with E-state index in [1.807, 2.05) is 0 Å². The lowest BCUT2D eigenvalue weighted by Crippen LogP contribution is -2.68. The summed E-state index contributed by atoms with van der Waals surface area (Å²) in [6.07, 6.45) is -6.66. The van der Waals surface area contributed by atoms with Crippen LogP contribution in [0.2, 0.25) is 5.02 Å². The highest BCUT2D eigenvalue weighted by Crippen LogP contribution is 2.41. The number of nitrogens with zero attached hydrogens (tertiary/aromatic N) is 4. The number of carbonyl (C=O) groups is 1. The Kier molecular flexibility index (Phi) is 7.81. The van der Waals surface area contributed by atoms with Crippen LogP contribution < -0.4 is 15.4 Å². The standard InChI is InChI=1S/C29H27ClF4N4O4S/c1-28(2,3)38(27(41)42)9-8-23(21(31)14-38)37-25(39)24(43-26(37)40)19(15-5-7-22-17(10-15)13-35-36-22)11-16-4-6-18(30)12-20(16)29(32,33)34/h4-7,10,12-13,21,23H,8-9,11,14H2,1-3H3,(H-,35,36,39,41,42)/p+1/t21-,23-,38?/m1/s1. The van der Waals surface area contributed by atoms with E-state index in [4.69, 9.17) is 11.6 Å². The summed E-state index contributed by atoms with van der Waals surface area (Å²) in [7, 11) is 0. The minimum Gasteiger partial charge on any atom is -0.493 e. The molecule has 3 heterocycles. The molecule has 1 saturated heterocycles. The lowest BCUT2D eigenvalue weighted by Gasteiger charge is -2.48. The lowest BCUT2D eigenvalue weighted by atomic mass is 9.92. The van der Waals surface area contributed by atoms with Crippen LogP contribution in [0, 0.1) is 0 Å². The molecule has 2 aliphatic rings. The summed E-state index contributed by atoms with van der Waals surface area (Å²) in [6, 6.07) is 7.07. The number of aromatic hydroxyl groups is 1. The Labute approximate surface area is 252 Å². The molecule has 5 rings (SSSR count). The third-order valence-corrected chi connectivity index (χ3v) is 9.51. The number of hydrogen-bond acceptors (Lipinski definition) is 6. The Morgan fingerprint density at radius 2 is 1.91 bits per heavy atom. The highest BCUT2D eigenvalue weighted by atomic mass is 35.5. The van der Waals surface area contributed by atoms with Gasteiger partial charge in [-0.25, -0.2) is 8.87 Å². The zero-order chi connectivity index (χ0) is 31.5. The molecule has 228 valence electrons. The largest absolute Gasteiger partial charge is 0.514 e. The quantitative estimate of drug-likeness (QED) is 0.300. The van der Waals surface area contributed by atoms with Crippen molar-refractivity contribution in [2.75, 3.05) is 13.1 Å². The summed E-state index contributed by atoms with van der Waals surface area (Å²) in [6.45, 7) is 4.67. The average molecular weight is 640 g/mol. The number of halogens is 5. The summed E-state index contributed by atoms with van der Waals surface area (Å²) < 4.78 is 58.2. The Balaban J connectivity index is 1.65. The molecule has 3 atom stereocenters. The van der Waals surface area contributed by atoms with E-state index in [1.54, 1.807) is 39.0 Å². The fraction of sp³-hybridized carbons (Fsp3) is 0.379. The molecule has 8 nitrogen and oxygen atoms in total. The lowest BCUT2D eigenvalue weighted by molar-refractivity contribution is -0.911. The van der Waals surface area contributed by atoms with Gasteiger partial charge in [-0.05, 0) is 61.4 Å². The van der Waals surface area contributed by atoms with E-state index >= 15 is 4.39 Å². The van der Waals surface area contributed by atoms with Crippen LogP contribution >= 0.6 is 22.9 Å². The minimum atomic E-state index is -4.73. The van der Waals surface area contributed by atoms with Gasteiger partial charge in [0.05, 0.1) is 34.6 Å². The first-order chi connectivity index (χ1) is 20.0. The van der Waals surface area contributed by atoms with Crippen LogP contribution in [0.3, 0.4) is 0 Å². The molecule has 2 N–H and O–H groups in total.